The number of hydrogen-bond donors (Lipinski definition) is 0. The topological polar surface area (TPSA) is 71.1 Å². The molecule has 0 aliphatic rings. The van der Waals surface area contributed by atoms with Gasteiger partial charge in [0.25, 0.3) is 0 Å². The Morgan fingerprint density at radius 3 is 1.69 bits per heavy atom. The maximum absolute atomic E-state index is 11.0. The Hall–Kier alpha value is -3.28. The van der Waals surface area contributed by atoms with Crippen LogP contribution >= 0.6 is 0 Å². The van der Waals surface area contributed by atoms with Gasteiger partial charge in [-0.25, -0.2) is 0 Å². The van der Waals surface area contributed by atoms with E-state index < -0.39 is 0 Å². The lowest BCUT2D eigenvalue weighted by atomic mass is 9.98. The van der Waals surface area contributed by atoms with Crippen molar-refractivity contribution in [1.29, 1.82) is 0 Å². The fraction of sp³-hybridized carbons (Fsp3) is 0.385. The van der Waals surface area contributed by atoms with Crippen molar-refractivity contribution in [3.8, 4) is 11.5 Å². The first-order chi connectivity index (χ1) is 15.5. The number of hydrogen-bond acceptors (Lipinski definition) is 6. The van der Waals surface area contributed by atoms with Gasteiger partial charge in [-0.1, -0.05) is 43.3 Å². The molecule has 0 saturated carbocycles. The van der Waals surface area contributed by atoms with E-state index in [1.165, 1.54) is 19.4 Å². The Kier molecular flexibility index (Phi) is 8.31. The quantitative estimate of drug-likeness (QED) is 0.232. The summed E-state index contributed by atoms with van der Waals surface area (Å²) in [4.78, 5) is 22.0. The SMILES string of the molecule is CCc1ccc2c(OCCCOC(C)=O)c3ccccc3c(OCCCOC(C)=O)c2c1. The molecule has 0 bridgehead atoms. The van der Waals surface area contributed by atoms with Crippen LogP contribution in [0.4, 0.5) is 0 Å². The van der Waals surface area contributed by atoms with E-state index in [1.807, 2.05) is 24.3 Å². The molecule has 3 aromatic rings. The number of rotatable bonds is 11. The van der Waals surface area contributed by atoms with Gasteiger partial charge in [0.1, 0.15) is 11.5 Å². The lowest BCUT2D eigenvalue weighted by Gasteiger charge is -2.18. The number of benzene rings is 3. The highest BCUT2D eigenvalue weighted by atomic mass is 16.5. The third-order valence-electron chi connectivity index (χ3n) is 5.08. The van der Waals surface area contributed by atoms with Crippen molar-refractivity contribution in [3.05, 3.63) is 48.0 Å². The summed E-state index contributed by atoms with van der Waals surface area (Å²) in [5, 5.41) is 3.90. The molecule has 170 valence electrons. The van der Waals surface area contributed by atoms with E-state index in [2.05, 4.69) is 25.1 Å². The third kappa shape index (κ3) is 5.90. The van der Waals surface area contributed by atoms with Crippen LogP contribution in [-0.2, 0) is 25.5 Å². The average Bonchev–Trinajstić information content (AvgIpc) is 2.78. The maximum atomic E-state index is 11.0. The number of carbonyl (C=O) groups is 2. The molecule has 3 rings (SSSR count). The summed E-state index contributed by atoms with van der Waals surface area (Å²) in [6.07, 6.45) is 2.13. The van der Waals surface area contributed by atoms with Crippen molar-refractivity contribution < 1.29 is 28.5 Å². The highest BCUT2D eigenvalue weighted by Crippen LogP contribution is 2.43. The smallest absolute Gasteiger partial charge is 0.302 e. The summed E-state index contributed by atoms with van der Waals surface area (Å²) in [5.41, 5.74) is 1.21. The van der Waals surface area contributed by atoms with Crippen molar-refractivity contribution in [2.75, 3.05) is 26.4 Å². The van der Waals surface area contributed by atoms with Crippen molar-refractivity contribution >= 4 is 33.5 Å². The Balaban J connectivity index is 1.94. The molecular formula is C26H30O6. The zero-order chi connectivity index (χ0) is 22.9. The number of fused-ring (bicyclic) bond motifs is 2. The summed E-state index contributed by atoms with van der Waals surface area (Å²) in [5.74, 6) is 1.03. The minimum atomic E-state index is -0.289. The van der Waals surface area contributed by atoms with Crippen LogP contribution < -0.4 is 9.47 Å². The molecule has 0 atom stereocenters. The van der Waals surface area contributed by atoms with E-state index >= 15 is 0 Å². The third-order valence-corrected chi connectivity index (χ3v) is 5.08. The van der Waals surface area contributed by atoms with Gasteiger partial charge in [0, 0.05) is 48.2 Å². The van der Waals surface area contributed by atoms with Crippen LogP contribution in [0.1, 0.15) is 39.2 Å². The number of esters is 2. The zero-order valence-electron chi connectivity index (χ0n) is 18.9. The number of carbonyl (C=O) groups excluding carboxylic acids is 2. The van der Waals surface area contributed by atoms with Crippen molar-refractivity contribution in [2.45, 2.75) is 40.0 Å². The molecule has 0 spiro atoms. The van der Waals surface area contributed by atoms with Crippen molar-refractivity contribution in [1.82, 2.24) is 0 Å². The Morgan fingerprint density at radius 2 is 1.19 bits per heavy atom. The van der Waals surface area contributed by atoms with Crippen LogP contribution in [0.2, 0.25) is 0 Å². The molecule has 6 heteroatoms. The molecule has 0 aliphatic carbocycles. The lowest BCUT2D eigenvalue weighted by Crippen LogP contribution is -2.08. The Bertz CT molecular complexity index is 1090. The first-order valence-electron chi connectivity index (χ1n) is 11.0. The second-order valence-electron chi connectivity index (χ2n) is 7.52. The molecule has 0 amide bonds. The Labute approximate surface area is 188 Å². The van der Waals surface area contributed by atoms with Crippen LogP contribution in [0.5, 0.6) is 11.5 Å². The van der Waals surface area contributed by atoms with Crippen molar-refractivity contribution in [2.24, 2.45) is 0 Å². The van der Waals surface area contributed by atoms with Gasteiger partial charge in [-0.05, 0) is 18.1 Å². The molecule has 0 fully saturated rings. The average molecular weight is 439 g/mol. The monoisotopic (exact) mass is 438 g/mol. The highest BCUT2D eigenvalue weighted by molar-refractivity contribution is 6.11. The van der Waals surface area contributed by atoms with Crippen LogP contribution in [0.3, 0.4) is 0 Å². The molecule has 0 saturated heterocycles. The number of aryl methyl sites for hydroxylation is 1. The lowest BCUT2D eigenvalue weighted by molar-refractivity contribution is -0.142. The molecule has 32 heavy (non-hydrogen) atoms. The number of ether oxygens (including phenoxy) is 4. The summed E-state index contributed by atoms with van der Waals surface area (Å²) >= 11 is 0. The Morgan fingerprint density at radius 1 is 0.688 bits per heavy atom. The van der Waals surface area contributed by atoms with Crippen LogP contribution in [-0.4, -0.2) is 38.4 Å². The zero-order valence-corrected chi connectivity index (χ0v) is 18.9. The summed E-state index contributed by atoms with van der Waals surface area (Å²) < 4.78 is 22.5. The minimum absolute atomic E-state index is 0.288. The minimum Gasteiger partial charge on any atom is -0.492 e. The second-order valence-corrected chi connectivity index (χ2v) is 7.52. The summed E-state index contributed by atoms with van der Waals surface area (Å²) in [6.45, 7) is 6.45. The molecule has 0 aliphatic heterocycles. The van der Waals surface area contributed by atoms with Gasteiger partial charge in [0.15, 0.2) is 0 Å². The van der Waals surface area contributed by atoms with E-state index in [1.54, 1.807) is 0 Å². The second kappa shape index (κ2) is 11.4. The first-order valence-corrected chi connectivity index (χ1v) is 11.0. The fourth-order valence-electron chi connectivity index (χ4n) is 3.58. The van der Waals surface area contributed by atoms with Crippen LogP contribution in [0.25, 0.3) is 21.5 Å². The molecule has 6 nitrogen and oxygen atoms in total. The largest absolute Gasteiger partial charge is 0.492 e. The van der Waals surface area contributed by atoms with Gasteiger partial charge in [0.2, 0.25) is 0 Å². The predicted octanol–water partition coefficient (Wildman–Crippen LogP) is 5.22. The molecule has 3 aromatic carbocycles. The highest BCUT2D eigenvalue weighted by Gasteiger charge is 2.16. The van der Waals surface area contributed by atoms with Gasteiger partial charge >= 0.3 is 11.9 Å². The van der Waals surface area contributed by atoms with Gasteiger partial charge in [-0.2, -0.15) is 0 Å². The molecule has 0 unspecified atom stereocenters. The van der Waals surface area contributed by atoms with Crippen LogP contribution in [0.15, 0.2) is 42.5 Å². The molecule has 0 aromatic heterocycles. The van der Waals surface area contributed by atoms with E-state index in [0.717, 1.165) is 39.5 Å². The summed E-state index contributed by atoms with van der Waals surface area (Å²) in [7, 11) is 0. The predicted molar refractivity (Wildman–Crippen MR) is 124 cm³/mol. The standard InChI is InChI=1S/C26H30O6/c1-4-20-11-12-23-24(17-20)26(32-16-8-14-30-19(3)28)22-10-6-5-9-21(22)25(23)31-15-7-13-29-18(2)27/h5-6,9-12,17H,4,7-8,13-16H2,1-3H3. The van der Waals surface area contributed by atoms with Crippen LogP contribution in [0, 0.1) is 0 Å². The van der Waals surface area contributed by atoms with E-state index in [-0.39, 0.29) is 11.9 Å². The molecule has 0 radical (unpaired) electrons. The van der Waals surface area contributed by atoms with E-state index in [4.69, 9.17) is 18.9 Å². The van der Waals surface area contributed by atoms with E-state index in [0.29, 0.717) is 39.3 Å². The van der Waals surface area contributed by atoms with Gasteiger partial charge in [0.05, 0.1) is 26.4 Å². The fourth-order valence-corrected chi connectivity index (χ4v) is 3.58. The molecular weight excluding hydrogens is 408 g/mol. The molecule has 0 N–H and O–H groups in total. The van der Waals surface area contributed by atoms with Crippen molar-refractivity contribution in [3.63, 3.8) is 0 Å². The summed E-state index contributed by atoms with van der Waals surface area (Å²) in [6, 6.07) is 14.3. The van der Waals surface area contributed by atoms with Gasteiger partial charge < -0.3 is 18.9 Å². The maximum Gasteiger partial charge on any atom is 0.302 e. The molecule has 0 heterocycles. The normalized spacial score (nSPS) is 10.8. The first kappa shape index (κ1) is 23.4. The van der Waals surface area contributed by atoms with E-state index in [9.17, 15) is 9.59 Å². The van der Waals surface area contributed by atoms with Gasteiger partial charge in [-0.15, -0.1) is 0 Å². The van der Waals surface area contributed by atoms with Gasteiger partial charge in [-0.3, -0.25) is 9.59 Å².